The number of thiophene rings is 2. The van der Waals surface area contributed by atoms with Gasteiger partial charge in [-0.05, 0) is 140 Å². The number of hydrogen-bond acceptors (Lipinski definition) is 2. The first kappa shape index (κ1) is 40.6. The van der Waals surface area contributed by atoms with Gasteiger partial charge in [0, 0.05) is 57.2 Å². The van der Waals surface area contributed by atoms with Gasteiger partial charge in [0.05, 0.1) is 33.4 Å². The van der Waals surface area contributed by atoms with Crippen LogP contribution in [0, 0.1) is 0 Å². The molecule has 0 atom stereocenters. The van der Waals surface area contributed by atoms with Crippen molar-refractivity contribution in [3.63, 3.8) is 0 Å². The summed E-state index contributed by atoms with van der Waals surface area (Å²) in [6, 6.07) is 85.9. The van der Waals surface area contributed by atoms with Crippen LogP contribution in [0.25, 0.3) is 129 Å². The molecule has 0 spiro atoms. The van der Waals surface area contributed by atoms with Crippen LogP contribution in [-0.2, 0) is 5.41 Å². The number of fused-ring (bicyclic) bond motifs is 11. The molecule has 4 heterocycles. The molecule has 4 aromatic heterocycles. The Balaban J connectivity index is 0.737. The Morgan fingerprint density at radius 3 is 1.10 bits per heavy atom. The Morgan fingerprint density at radius 2 is 0.648 bits per heavy atom. The molecule has 0 N–H and O–H groups in total. The van der Waals surface area contributed by atoms with Gasteiger partial charge in [-0.2, -0.15) is 0 Å². The van der Waals surface area contributed by atoms with Gasteiger partial charge in [-0.25, -0.2) is 0 Å². The van der Waals surface area contributed by atoms with Gasteiger partial charge < -0.3 is 9.13 Å². The molecule has 2 nitrogen and oxygen atoms in total. The van der Waals surface area contributed by atoms with E-state index in [4.69, 9.17) is 0 Å². The molecule has 1 aliphatic carbocycles. The van der Waals surface area contributed by atoms with Crippen LogP contribution in [0.15, 0.2) is 231 Å². The fraction of sp³-hybridized carbons (Fsp3) is 0.0448. The first-order chi connectivity index (χ1) is 34.9. The van der Waals surface area contributed by atoms with Crippen LogP contribution in [0.5, 0.6) is 0 Å². The Bertz CT molecular complexity index is 4210. The predicted molar refractivity (Wildman–Crippen MR) is 305 cm³/mol. The van der Waals surface area contributed by atoms with E-state index in [1.807, 2.05) is 22.7 Å². The van der Waals surface area contributed by atoms with E-state index in [1.165, 1.54) is 141 Å². The first-order valence-electron chi connectivity index (χ1n) is 24.5. The third-order valence-electron chi connectivity index (χ3n) is 15.4. The highest BCUT2D eigenvalue weighted by Gasteiger charge is 2.36. The van der Waals surface area contributed by atoms with Gasteiger partial charge in [-0.1, -0.05) is 159 Å². The lowest BCUT2D eigenvalue weighted by molar-refractivity contribution is 0.661. The van der Waals surface area contributed by atoms with Gasteiger partial charge in [0.15, 0.2) is 0 Å². The summed E-state index contributed by atoms with van der Waals surface area (Å²) in [5.74, 6) is 0. The molecule has 0 unspecified atom stereocenters. The maximum absolute atomic E-state index is 2.46. The third-order valence-corrected chi connectivity index (χ3v) is 17.8. The maximum Gasteiger partial charge on any atom is 0.0541 e. The summed E-state index contributed by atoms with van der Waals surface area (Å²) in [6.45, 7) is 4.80. The van der Waals surface area contributed by atoms with E-state index in [9.17, 15) is 0 Å². The number of para-hydroxylation sites is 2. The summed E-state index contributed by atoms with van der Waals surface area (Å²) in [4.78, 5) is 5.13. The second kappa shape index (κ2) is 15.4. The highest BCUT2D eigenvalue weighted by molar-refractivity contribution is 7.19. The second-order valence-electron chi connectivity index (χ2n) is 19.6. The predicted octanol–water partition coefficient (Wildman–Crippen LogP) is 19.3. The molecular weight excluding hydrogens is 897 g/mol. The molecule has 0 saturated carbocycles. The van der Waals surface area contributed by atoms with Crippen LogP contribution in [0.3, 0.4) is 0 Å². The summed E-state index contributed by atoms with van der Waals surface area (Å²) < 4.78 is 4.88. The van der Waals surface area contributed by atoms with E-state index < -0.39 is 0 Å². The van der Waals surface area contributed by atoms with Crippen molar-refractivity contribution in [1.82, 2.24) is 9.13 Å². The van der Waals surface area contributed by atoms with Gasteiger partial charge in [-0.15, -0.1) is 22.7 Å². The molecule has 14 aromatic rings. The molecule has 0 fully saturated rings. The second-order valence-corrected chi connectivity index (χ2v) is 21.8. The molecule has 10 aromatic carbocycles. The zero-order valence-electron chi connectivity index (χ0n) is 39.2. The van der Waals surface area contributed by atoms with Crippen LogP contribution in [0.2, 0.25) is 0 Å². The number of hydrogen-bond donors (Lipinski definition) is 0. The first-order valence-corrected chi connectivity index (χ1v) is 26.1. The quantitative estimate of drug-likeness (QED) is 0.157. The van der Waals surface area contributed by atoms with Crippen molar-refractivity contribution in [2.75, 3.05) is 0 Å². The molecule has 15 rings (SSSR count). The van der Waals surface area contributed by atoms with Crippen molar-refractivity contribution < 1.29 is 0 Å². The van der Waals surface area contributed by atoms with E-state index in [0.717, 1.165) is 0 Å². The average Bonchev–Trinajstić information content (AvgIpc) is 4.27. The molecular formula is C67H44N2S2. The number of nitrogens with zero attached hydrogens (tertiary/aromatic N) is 2. The summed E-state index contributed by atoms with van der Waals surface area (Å²) in [7, 11) is 0. The minimum atomic E-state index is -0.149. The molecule has 334 valence electrons. The highest BCUT2D eigenvalue weighted by Crippen LogP contribution is 2.52. The van der Waals surface area contributed by atoms with Crippen molar-refractivity contribution in [2.45, 2.75) is 19.3 Å². The van der Waals surface area contributed by atoms with Gasteiger partial charge in [0.1, 0.15) is 0 Å². The Labute approximate surface area is 419 Å². The van der Waals surface area contributed by atoms with Gasteiger partial charge >= 0.3 is 0 Å². The van der Waals surface area contributed by atoms with Crippen LogP contribution in [0.4, 0.5) is 0 Å². The van der Waals surface area contributed by atoms with Gasteiger partial charge in [0.2, 0.25) is 0 Å². The zero-order chi connectivity index (χ0) is 47.0. The summed E-state index contributed by atoms with van der Waals surface area (Å²) in [5, 5.41) is 10.1. The zero-order valence-corrected chi connectivity index (χ0v) is 40.8. The van der Waals surface area contributed by atoms with Crippen molar-refractivity contribution >= 4 is 87.8 Å². The maximum atomic E-state index is 2.46. The summed E-state index contributed by atoms with van der Waals surface area (Å²) >= 11 is 3.76. The van der Waals surface area contributed by atoms with Crippen LogP contribution in [0.1, 0.15) is 25.0 Å². The van der Waals surface area contributed by atoms with Crippen molar-refractivity contribution in [3.05, 3.63) is 242 Å². The average molecular weight is 941 g/mol. The lowest BCUT2D eigenvalue weighted by atomic mass is 9.81. The van der Waals surface area contributed by atoms with Gasteiger partial charge in [-0.3, -0.25) is 0 Å². The fourth-order valence-electron chi connectivity index (χ4n) is 11.9. The van der Waals surface area contributed by atoms with E-state index in [1.54, 1.807) is 0 Å². The van der Waals surface area contributed by atoms with Gasteiger partial charge in [0.25, 0.3) is 0 Å². The Kier molecular flexibility index (Phi) is 8.78. The van der Waals surface area contributed by atoms with Crippen molar-refractivity contribution in [3.8, 4) is 64.3 Å². The largest absolute Gasteiger partial charge is 0.309 e. The normalized spacial score (nSPS) is 13.0. The number of rotatable bonds is 6. The van der Waals surface area contributed by atoms with E-state index >= 15 is 0 Å². The fourth-order valence-corrected chi connectivity index (χ4v) is 13.9. The molecule has 71 heavy (non-hydrogen) atoms. The molecule has 0 saturated heterocycles. The minimum absolute atomic E-state index is 0.149. The molecule has 1 aliphatic rings. The molecule has 0 amide bonds. The standard InChI is InChI=1S/C67H44N2S2/c1-67(2)55-39-45(65-35-33-63(70-65)43-27-31-61-53(37-43)51-19-7-9-21-59(51)68(61)57-23-11-15-41-13-3-5-17-47(41)57)25-29-49(55)50-30-26-46(40-56(50)67)66-36-34-64(71-66)44-28-32-62-54(38-44)52-20-8-10-22-60(52)69(62)58-24-12-16-42-14-4-6-18-48(42)58/h3-40H,1-2H3. The minimum Gasteiger partial charge on any atom is -0.309 e. The smallest absolute Gasteiger partial charge is 0.0541 e. The molecule has 0 aliphatic heterocycles. The lowest BCUT2D eigenvalue weighted by Gasteiger charge is -2.22. The Hall–Kier alpha value is -8.28. The Morgan fingerprint density at radius 1 is 0.296 bits per heavy atom. The van der Waals surface area contributed by atoms with E-state index in [0.29, 0.717) is 0 Å². The van der Waals surface area contributed by atoms with Crippen molar-refractivity contribution in [2.24, 2.45) is 0 Å². The highest BCUT2D eigenvalue weighted by atomic mass is 32.1. The monoisotopic (exact) mass is 940 g/mol. The lowest BCUT2D eigenvalue weighted by Crippen LogP contribution is -2.15. The number of benzene rings is 10. The topological polar surface area (TPSA) is 9.86 Å². The van der Waals surface area contributed by atoms with Crippen LogP contribution < -0.4 is 0 Å². The van der Waals surface area contributed by atoms with Crippen LogP contribution in [-0.4, -0.2) is 9.13 Å². The molecule has 0 radical (unpaired) electrons. The van der Waals surface area contributed by atoms with Crippen LogP contribution >= 0.6 is 22.7 Å². The van der Waals surface area contributed by atoms with E-state index in [2.05, 4.69) is 254 Å². The summed E-state index contributed by atoms with van der Waals surface area (Å²) in [5.41, 5.74) is 17.7. The summed E-state index contributed by atoms with van der Waals surface area (Å²) in [6.07, 6.45) is 0. The number of aromatic nitrogens is 2. The SMILES string of the molecule is CC1(C)c2cc(-c3ccc(-c4ccc5c(c4)c4ccccc4n5-c4cccc5ccccc45)s3)ccc2-c2ccc(-c3ccc(-c4ccc5c(c4)c4ccccc4n5-c4cccc5ccccc45)s3)cc21. The molecule has 0 bridgehead atoms. The van der Waals surface area contributed by atoms with E-state index in [-0.39, 0.29) is 5.41 Å². The third kappa shape index (κ3) is 6.12. The molecule has 4 heteroatoms. The van der Waals surface area contributed by atoms with Crippen molar-refractivity contribution in [1.29, 1.82) is 0 Å².